The summed E-state index contributed by atoms with van der Waals surface area (Å²) in [4.78, 5) is 12.3. The predicted molar refractivity (Wildman–Crippen MR) is 76.4 cm³/mol. The molecule has 1 fully saturated rings. The Kier molecular flexibility index (Phi) is 4.47. The van der Waals surface area contributed by atoms with E-state index in [0.29, 0.717) is 43.3 Å². The van der Waals surface area contributed by atoms with E-state index in [4.69, 9.17) is 16.3 Å². The molecule has 1 aromatic carbocycles. The molecule has 0 bridgehead atoms. The molecule has 2 rings (SSSR count). The quantitative estimate of drug-likeness (QED) is 0.681. The van der Waals surface area contributed by atoms with Gasteiger partial charge in [0.2, 0.25) is 0 Å². The Morgan fingerprint density at radius 2 is 2.15 bits per heavy atom. The number of nitro benzene ring substituents is 1. The summed E-state index contributed by atoms with van der Waals surface area (Å²) in [6.07, 6.45) is 1.05. The number of nitrogens with zero attached hydrogens (tertiary/aromatic N) is 2. The van der Waals surface area contributed by atoms with Crippen molar-refractivity contribution in [3.05, 3.63) is 33.3 Å². The highest BCUT2D eigenvalue weighted by Gasteiger charge is 2.32. The molecule has 0 radical (unpaired) electrons. The molecule has 6 nitrogen and oxygen atoms in total. The maximum absolute atomic E-state index is 11.1. The number of ether oxygens (including phenoxy) is 1. The first-order chi connectivity index (χ1) is 9.41. The van der Waals surface area contributed by atoms with Crippen LogP contribution < -0.4 is 4.90 Å². The van der Waals surface area contributed by atoms with Crippen molar-refractivity contribution in [2.45, 2.75) is 18.4 Å². The molecule has 1 aliphatic heterocycles. The summed E-state index contributed by atoms with van der Waals surface area (Å²) in [6.45, 7) is 1.33. The van der Waals surface area contributed by atoms with Crippen molar-refractivity contribution in [2.75, 3.05) is 31.7 Å². The van der Waals surface area contributed by atoms with Gasteiger partial charge in [-0.1, -0.05) is 11.6 Å². The molecule has 0 aliphatic carbocycles. The molecule has 110 valence electrons. The first kappa shape index (κ1) is 15.0. The molecular weight excluding hydrogens is 284 g/mol. The standard InChI is InChI=1S/C13H17ClN2O4/c1-15(9-13(17)4-6-20-7-5-13)11-3-2-10(14)8-12(11)16(18)19/h2-3,8,17H,4-7,9H2,1H3. The van der Waals surface area contributed by atoms with Crippen LogP contribution in [0.3, 0.4) is 0 Å². The van der Waals surface area contributed by atoms with Gasteiger partial charge in [-0.2, -0.15) is 0 Å². The third-order valence-corrected chi connectivity index (χ3v) is 3.74. The normalized spacial score (nSPS) is 17.8. The second kappa shape index (κ2) is 5.95. The van der Waals surface area contributed by atoms with Crippen molar-refractivity contribution in [3.63, 3.8) is 0 Å². The van der Waals surface area contributed by atoms with Gasteiger partial charge >= 0.3 is 0 Å². The molecule has 1 aliphatic rings. The van der Waals surface area contributed by atoms with Crippen molar-refractivity contribution < 1.29 is 14.8 Å². The Hall–Kier alpha value is -1.37. The SMILES string of the molecule is CN(CC1(O)CCOCC1)c1ccc(Cl)cc1[N+](=O)[O-]. The van der Waals surface area contributed by atoms with Gasteiger partial charge in [0, 0.05) is 50.7 Å². The van der Waals surface area contributed by atoms with Crippen molar-refractivity contribution >= 4 is 23.0 Å². The molecule has 0 spiro atoms. The molecule has 7 heteroatoms. The molecule has 1 N–H and O–H groups in total. The number of rotatable bonds is 4. The Bertz CT molecular complexity index is 503. The molecule has 0 aromatic heterocycles. The molecule has 20 heavy (non-hydrogen) atoms. The second-order valence-corrected chi connectivity index (χ2v) is 5.52. The second-order valence-electron chi connectivity index (χ2n) is 5.08. The topological polar surface area (TPSA) is 75.8 Å². The lowest BCUT2D eigenvalue weighted by Gasteiger charge is -2.36. The van der Waals surface area contributed by atoms with Gasteiger partial charge in [0.25, 0.3) is 5.69 Å². The van der Waals surface area contributed by atoms with Crippen LogP contribution in [0.2, 0.25) is 5.02 Å². The summed E-state index contributed by atoms with van der Waals surface area (Å²) in [5.41, 5.74) is -0.490. The third kappa shape index (κ3) is 3.39. The fourth-order valence-corrected chi connectivity index (χ4v) is 2.57. The van der Waals surface area contributed by atoms with Gasteiger partial charge in [0.05, 0.1) is 10.5 Å². The van der Waals surface area contributed by atoms with Crippen LogP contribution in [-0.4, -0.2) is 42.4 Å². The number of hydrogen-bond acceptors (Lipinski definition) is 5. The third-order valence-electron chi connectivity index (χ3n) is 3.50. The first-order valence-electron chi connectivity index (χ1n) is 6.36. The van der Waals surface area contributed by atoms with E-state index in [1.807, 2.05) is 0 Å². The van der Waals surface area contributed by atoms with E-state index in [1.165, 1.54) is 6.07 Å². The van der Waals surface area contributed by atoms with Crippen LogP contribution in [-0.2, 0) is 4.74 Å². The number of halogens is 1. The highest BCUT2D eigenvalue weighted by atomic mass is 35.5. The average Bonchev–Trinajstić information content (AvgIpc) is 2.38. The van der Waals surface area contributed by atoms with Crippen molar-refractivity contribution in [2.24, 2.45) is 0 Å². The van der Waals surface area contributed by atoms with Gasteiger partial charge in [-0.3, -0.25) is 10.1 Å². The number of likely N-dealkylation sites (N-methyl/N-ethyl adjacent to an activating group) is 1. The van der Waals surface area contributed by atoms with Crippen molar-refractivity contribution in [1.29, 1.82) is 0 Å². The van der Waals surface area contributed by atoms with Crippen LogP contribution in [0.15, 0.2) is 18.2 Å². The van der Waals surface area contributed by atoms with E-state index >= 15 is 0 Å². The minimum atomic E-state index is -0.874. The molecule has 1 saturated heterocycles. The largest absolute Gasteiger partial charge is 0.388 e. The number of aliphatic hydroxyl groups is 1. The number of nitro groups is 1. The van der Waals surface area contributed by atoms with E-state index in [9.17, 15) is 15.2 Å². The summed E-state index contributed by atoms with van der Waals surface area (Å²) in [5, 5.41) is 21.9. The van der Waals surface area contributed by atoms with Gasteiger partial charge < -0.3 is 14.7 Å². The fourth-order valence-electron chi connectivity index (χ4n) is 2.40. The van der Waals surface area contributed by atoms with Crippen LogP contribution in [0, 0.1) is 10.1 Å². The van der Waals surface area contributed by atoms with E-state index in [1.54, 1.807) is 24.1 Å². The first-order valence-corrected chi connectivity index (χ1v) is 6.74. The lowest BCUT2D eigenvalue weighted by atomic mass is 9.93. The minimum Gasteiger partial charge on any atom is -0.388 e. The molecule has 0 amide bonds. The van der Waals surface area contributed by atoms with Crippen LogP contribution in [0.5, 0.6) is 0 Å². The zero-order valence-corrected chi connectivity index (χ0v) is 12.0. The van der Waals surface area contributed by atoms with E-state index in [0.717, 1.165) is 0 Å². The van der Waals surface area contributed by atoms with Crippen molar-refractivity contribution in [3.8, 4) is 0 Å². The highest BCUT2D eigenvalue weighted by Crippen LogP contribution is 2.32. The zero-order valence-electron chi connectivity index (χ0n) is 11.2. The van der Waals surface area contributed by atoms with Gasteiger partial charge in [-0.25, -0.2) is 0 Å². The van der Waals surface area contributed by atoms with Gasteiger partial charge in [-0.05, 0) is 12.1 Å². The molecule has 0 unspecified atom stereocenters. The molecule has 0 saturated carbocycles. The number of benzene rings is 1. The smallest absolute Gasteiger partial charge is 0.294 e. The minimum absolute atomic E-state index is 0.0596. The Labute approximate surface area is 122 Å². The van der Waals surface area contributed by atoms with Crippen LogP contribution in [0.1, 0.15) is 12.8 Å². The van der Waals surface area contributed by atoms with E-state index in [2.05, 4.69) is 0 Å². The Morgan fingerprint density at radius 1 is 1.50 bits per heavy atom. The number of hydrogen-bond donors (Lipinski definition) is 1. The average molecular weight is 301 g/mol. The van der Waals surface area contributed by atoms with E-state index < -0.39 is 10.5 Å². The monoisotopic (exact) mass is 300 g/mol. The zero-order chi connectivity index (χ0) is 14.8. The van der Waals surface area contributed by atoms with Gasteiger partial charge in [0.1, 0.15) is 5.69 Å². The van der Waals surface area contributed by atoms with Crippen LogP contribution in [0.25, 0.3) is 0 Å². The van der Waals surface area contributed by atoms with Crippen LogP contribution in [0.4, 0.5) is 11.4 Å². The maximum atomic E-state index is 11.1. The fraction of sp³-hybridized carbons (Fsp3) is 0.538. The summed E-state index contributed by atoms with van der Waals surface area (Å²) in [7, 11) is 1.73. The molecular formula is C13H17ClN2O4. The predicted octanol–water partition coefficient (Wildman–Crippen LogP) is 2.23. The van der Waals surface area contributed by atoms with Gasteiger partial charge in [0.15, 0.2) is 0 Å². The lowest BCUT2D eigenvalue weighted by Crippen LogP contribution is -2.45. The van der Waals surface area contributed by atoms with Crippen molar-refractivity contribution in [1.82, 2.24) is 0 Å². The summed E-state index contributed by atoms with van der Waals surface area (Å²) in [5.74, 6) is 0. The lowest BCUT2D eigenvalue weighted by molar-refractivity contribution is -0.384. The van der Waals surface area contributed by atoms with E-state index in [-0.39, 0.29) is 5.69 Å². The Balaban J connectivity index is 2.20. The highest BCUT2D eigenvalue weighted by molar-refractivity contribution is 6.30. The maximum Gasteiger partial charge on any atom is 0.294 e. The molecule has 1 aromatic rings. The van der Waals surface area contributed by atoms with Gasteiger partial charge in [-0.15, -0.1) is 0 Å². The molecule has 1 heterocycles. The van der Waals surface area contributed by atoms with Crippen LogP contribution >= 0.6 is 11.6 Å². The number of anilines is 1. The summed E-state index contributed by atoms with van der Waals surface area (Å²) in [6, 6.07) is 4.53. The molecule has 0 atom stereocenters. The Morgan fingerprint density at radius 3 is 2.75 bits per heavy atom. The summed E-state index contributed by atoms with van der Waals surface area (Å²) >= 11 is 5.80. The summed E-state index contributed by atoms with van der Waals surface area (Å²) < 4.78 is 5.23.